The van der Waals surface area contributed by atoms with Gasteiger partial charge in [0, 0.05) is 6.54 Å². The van der Waals surface area contributed by atoms with Crippen LogP contribution in [0.5, 0.6) is 0 Å². The van der Waals surface area contributed by atoms with E-state index in [2.05, 4.69) is 5.32 Å². The molecule has 0 aliphatic carbocycles. The molecule has 0 saturated carbocycles. The predicted octanol–water partition coefficient (Wildman–Crippen LogP) is 1.43. The average molecular weight is 259 g/mol. The highest BCUT2D eigenvalue weighted by atomic mass is 35.5. The van der Waals surface area contributed by atoms with Gasteiger partial charge in [-0.1, -0.05) is 12.1 Å². The quantitative estimate of drug-likeness (QED) is 0.803. The molecule has 2 N–H and O–H groups in total. The molecular formula is C11H12ClFN2O2. The number of nitrogens with one attached hydrogen (secondary N) is 2. The van der Waals surface area contributed by atoms with Gasteiger partial charge in [0.1, 0.15) is 11.7 Å². The van der Waals surface area contributed by atoms with Crippen LogP contribution in [0.1, 0.15) is 5.56 Å². The van der Waals surface area contributed by atoms with E-state index < -0.39 is 11.9 Å². The molecule has 0 aliphatic rings. The van der Waals surface area contributed by atoms with E-state index in [1.54, 1.807) is 12.1 Å². The minimum Gasteiger partial charge on any atom is -0.337 e. The number of carbonyl (C=O) groups excluding carboxylic acids is 2. The van der Waals surface area contributed by atoms with Crippen molar-refractivity contribution in [3.63, 3.8) is 0 Å². The Morgan fingerprint density at radius 1 is 1.35 bits per heavy atom. The van der Waals surface area contributed by atoms with Gasteiger partial charge in [0.15, 0.2) is 0 Å². The lowest BCUT2D eigenvalue weighted by Crippen LogP contribution is -2.40. The summed E-state index contributed by atoms with van der Waals surface area (Å²) in [6.07, 6.45) is 0.486. The molecule has 3 amide bonds. The first kappa shape index (κ1) is 13.4. The van der Waals surface area contributed by atoms with Gasteiger partial charge in [-0.05, 0) is 24.1 Å². The molecule has 0 aromatic heterocycles. The number of carbonyl (C=O) groups is 2. The fourth-order valence-corrected chi connectivity index (χ4v) is 1.28. The molecule has 1 rings (SSSR count). The molecule has 92 valence electrons. The van der Waals surface area contributed by atoms with Crippen LogP contribution in [0.15, 0.2) is 24.3 Å². The molecule has 1 aromatic carbocycles. The number of alkyl halides is 1. The largest absolute Gasteiger partial charge is 0.337 e. The number of halogens is 2. The van der Waals surface area contributed by atoms with Gasteiger partial charge in [0.2, 0.25) is 5.91 Å². The van der Waals surface area contributed by atoms with Crippen molar-refractivity contribution in [2.24, 2.45) is 0 Å². The molecule has 0 saturated heterocycles. The van der Waals surface area contributed by atoms with Crippen LogP contribution in [-0.4, -0.2) is 24.4 Å². The highest BCUT2D eigenvalue weighted by Gasteiger charge is 2.04. The third kappa shape index (κ3) is 5.31. The van der Waals surface area contributed by atoms with E-state index in [1.807, 2.05) is 5.32 Å². The Balaban J connectivity index is 2.28. The van der Waals surface area contributed by atoms with E-state index in [4.69, 9.17) is 11.6 Å². The van der Waals surface area contributed by atoms with E-state index >= 15 is 0 Å². The van der Waals surface area contributed by atoms with Gasteiger partial charge in [0.05, 0.1) is 0 Å². The smallest absolute Gasteiger partial charge is 0.321 e. The lowest BCUT2D eigenvalue weighted by Gasteiger charge is -2.05. The highest BCUT2D eigenvalue weighted by molar-refractivity contribution is 6.28. The van der Waals surface area contributed by atoms with Crippen molar-refractivity contribution < 1.29 is 14.0 Å². The number of imide groups is 1. The van der Waals surface area contributed by atoms with Crippen molar-refractivity contribution in [3.05, 3.63) is 35.6 Å². The summed E-state index contributed by atoms with van der Waals surface area (Å²) < 4.78 is 12.8. The number of rotatable bonds is 4. The van der Waals surface area contributed by atoms with Crippen LogP contribution in [0.25, 0.3) is 0 Å². The van der Waals surface area contributed by atoms with Crippen LogP contribution in [-0.2, 0) is 11.2 Å². The summed E-state index contributed by atoms with van der Waals surface area (Å²) >= 11 is 5.21. The second kappa shape index (κ2) is 6.85. The van der Waals surface area contributed by atoms with E-state index in [-0.39, 0.29) is 11.7 Å². The standard InChI is InChI=1S/C11H12ClFN2O2/c12-7-10(16)15-11(17)14-5-4-8-2-1-3-9(13)6-8/h1-3,6H,4-5,7H2,(H2,14,15,16,17). The third-order valence-electron chi connectivity index (χ3n) is 1.96. The van der Waals surface area contributed by atoms with Gasteiger partial charge < -0.3 is 5.32 Å². The van der Waals surface area contributed by atoms with E-state index in [1.165, 1.54) is 12.1 Å². The number of urea groups is 1. The monoisotopic (exact) mass is 258 g/mol. The Labute approximate surface area is 103 Å². The first-order valence-electron chi connectivity index (χ1n) is 5.00. The van der Waals surface area contributed by atoms with Crippen molar-refractivity contribution in [2.75, 3.05) is 12.4 Å². The molecule has 4 nitrogen and oxygen atoms in total. The predicted molar refractivity (Wildman–Crippen MR) is 62.4 cm³/mol. The lowest BCUT2D eigenvalue weighted by molar-refractivity contribution is -0.117. The molecule has 6 heteroatoms. The summed E-state index contributed by atoms with van der Waals surface area (Å²) in [6.45, 7) is 0.310. The second-order valence-corrected chi connectivity index (χ2v) is 3.58. The Kier molecular flexibility index (Phi) is 5.42. The SMILES string of the molecule is O=C(CCl)NC(=O)NCCc1cccc(F)c1. The zero-order valence-electron chi connectivity index (χ0n) is 9.00. The van der Waals surface area contributed by atoms with Crippen LogP contribution >= 0.6 is 11.6 Å². The summed E-state index contributed by atoms with van der Waals surface area (Å²) in [7, 11) is 0. The van der Waals surface area contributed by atoms with Crippen molar-refractivity contribution >= 4 is 23.5 Å². The fraction of sp³-hybridized carbons (Fsp3) is 0.273. The first-order valence-corrected chi connectivity index (χ1v) is 5.53. The highest BCUT2D eigenvalue weighted by Crippen LogP contribution is 2.03. The second-order valence-electron chi connectivity index (χ2n) is 3.32. The molecule has 0 fully saturated rings. The molecule has 0 spiro atoms. The summed E-state index contributed by atoms with van der Waals surface area (Å²) in [5.41, 5.74) is 0.772. The lowest BCUT2D eigenvalue weighted by atomic mass is 10.1. The van der Waals surface area contributed by atoms with Gasteiger partial charge in [-0.25, -0.2) is 9.18 Å². The fourth-order valence-electron chi connectivity index (χ4n) is 1.22. The van der Waals surface area contributed by atoms with Gasteiger partial charge in [-0.15, -0.1) is 11.6 Å². The molecule has 0 radical (unpaired) electrons. The van der Waals surface area contributed by atoms with Crippen molar-refractivity contribution in [2.45, 2.75) is 6.42 Å². The Bertz CT molecular complexity index is 412. The molecular weight excluding hydrogens is 247 g/mol. The van der Waals surface area contributed by atoms with Crippen molar-refractivity contribution in [3.8, 4) is 0 Å². The van der Waals surface area contributed by atoms with Gasteiger partial charge in [-0.2, -0.15) is 0 Å². The minimum atomic E-state index is -0.605. The number of hydrogen-bond acceptors (Lipinski definition) is 2. The van der Waals surface area contributed by atoms with Crippen molar-refractivity contribution in [1.82, 2.24) is 10.6 Å². The van der Waals surface area contributed by atoms with Gasteiger partial charge >= 0.3 is 6.03 Å². The number of hydrogen-bond donors (Lipinski definition) is 2. The Hall–Kier alpha value is -1.62. The summed E-state index contributed by atoms with van der Waals surface area (Å²) in [5, 5.41) is 4.50. The van der Waals surface area contributed by atoms with Crippen LogP contribution in [0, 0.1) is 5.82 Å². The molecule has 0 heterocycles. The third-order valence-corrected chi connectivity index (χ3v) is 2.21. The van der Waals surface area contributed by atoms with Crippen LogP contribution in [0.4, 0.5) is 9.18 Å². The molecule has 0 unspecified atom stereocenters. The molecule has 17 heavy (non-hydrogen) atoms. The molecule has 0 aliphatic heterocycles. The topological polar surface area (TPSA) is 58.2 Å². The molecule has 0 atom stereocenters. The summed E-state index contributed by atoms with van der Waals surface area (Å²) in [5.74, 6) is -1.14. The summed E-state index contributed by atoms with van der Waals surface area (Å²) in [6, 6.07) is 5.49. The Morgan fingerprint density at radius 3 is 2.76 bits per heavy atom. The minimum absolute atomic E-state index is 0.267. The van der Waals surface area contributed by atoms with Crippen LogP contribution < -0.4 is 10.6 Å². The normalized spacial score (nSPS) is 9.76. The maximum atomic E-state index is 12.8. The maximum Gasteiger partial charge on any atom is 0.321 e. The maximum absolute atomic E-state index is 12.8. The van der Waals surface area contributed by atoms with E-state index in [0.717, 1.165) is 5.56 Å². The zero-order valence-corrected chi connectivity index (χ0v) is 9.76. The van der Waals surface area contributed by atoms with Crippen molar-refractivity contribution in [1.29, 1.82) is 0 Å². The first-order chi connectivity index (χ1) is 8.11. The number of benzene rings is 1. The van der Waals surface area contributed by atoms with Crippen LogP contribution in [0.2, 0.25) is 0 Å². The summed E-state index contributed by atoms with van der Waals surface area (Å²) in [4.78, 5) is 21.8. The zero-order chi connectivity index (χ0) is 12.7. The van der Waals surface area contributed by atoms with Gasteiger partial charge in [-0.3, -0.25) is 10.1 Å². The Morgan fingerprint density at radius 2 is 2.12 bits per heavy atom. The van der Waals surface area contributed by atoms with Gasteiger partial charge in [0.25, 0.3) is 0 Å². The average Bonchev–Trinajstić information content (AvgIpc) is 2.29. The number of amides is 3. The van der Waals surface area contributed by atoms with E-state index in [9.17, 15) is 14.0 Å². The molecule has 1 aromatic rings. The molecule has 0 bridgehead atoms. The van der Waals surface area contributed by atoms with E-state index in [0.29, 0.717) is 13.0 Å². The van der Waals surface area contributed by atoms with Crippen LogP contribution in [0.3, 0.4) is 0 Å².